The van der Waals surface area contributed by atoms with Crippen molar-refractivity contribution >= 4 is 23.3 Å². The van der Waals surface area contributed by atoms with E-state index in [-0.39, 0.29) is 18.4 Å². The van der Waals surface area contributed by atoms with Crippen LogP contribution in [-0.2, 0) is 0 Å². The van der Waals surface area contributed by atoms with E-state index in [9.17, 15) is 0 Å². The summed E-state index contributed by atoms with van der Waals surface area (Å²) in [5, 5.41) is 1.27. The summed E-state index contributed by atoms with van der Waals surface area (Å²) in [6.45, 7) is 0. The number of aromatic nitrogens is 1. The molecule has 1 aliphatic carbocycles. The largest absolute Gasteiger partial charge is 0.361 e. The third-order valence-corrected chi connectivity index (χ3v) is 3.87. The molecule has 92 valence electrons. The Bertz CT molecular complexity index is 486. The fraction of sp³-hybridized carbons (Fsp3) is 0.429. The van der Waals surface area contributed by atoms with Gasteiger partial charge in [0, 0.05) is 17.8 Å². The molecular formula is C14H19ClN2. The van der Waals surface area contributed by atoms with Gasteiger partial charge in [-0.15, -0.1) is 12.4 Å². The molecule has 0 radical (unpaired) electrons. The lowest BCUT2D eigenvalue weighted by atomic mass is 9.92. The SMILES string of the molecule is Cl.N[C@@H](c1ccc2[nH]ccc2c1)C1CCCC1. The summed E-state index contributed by atoms with van der Waals surface area (Å²) in [6.07, 6.45) is 7.28. The molecule has 3 rings (SSSR count). The topological polar surface area (TPSA) is 41.8 Å². The van der Waals surface area contributed by atoms with E-state index >= 15 is 0 Å². The Morgan fingerprint density at radius 3 is 2.71 bits per heavy atom. The summed E-state index contributed by atoms with van der Waals surface area (Å²) < 4.78 is 0. The molecule has 0 spiro atoms. The number of benzene rings is 1. The smallest absolute Gasteiger partial charge is 0.0454 e. The van der Waals surface area contributed by atoms with Crippen molar-refractivity contribution in [3.63, 3.8) is 0 Å². The standard InChI is InChI=1S/C14H18N2.ClH/c15-14(10-3-1-2-4-10)12-5-6-13-11(9-12)7-8-16-13;/h5-10,14,16H,1-4,15H2;1H/t14-;/m1./s1. The number of halogens is 1. The number of hydrogen-bond donors (Lipinski definition) is 2. The summed E-state index contributed by atoms with van der Waals surface area (Å²) in [5.74, 6) is 0.691. The van der Waals surface area contributed by atoms with Gasteiger partial charge in [0.2, 0.25) is 0 Å². The monoisotopic (exact) mass is 250 g/mol. The first-order valence-electron chi connectivity index (χ1n) is 6.17. The molecule has 3 heteroatoms. The van der Waals surface area contributed by atoms with E-state index in [1.54, 1.807) is 0 Å². The average Bonchev–Trinajstić information content (AvgIpc) is 2.98. The van der Waals surface area contributed by atoms with Gasteiger partial charge >= 0.3 is 0 Å². The fourth-order valence-electron chi connectivity index (χ4n) is 2.87. The highest BCUT2D eigenvalue weighted by molar-refractivity contribution is 5.85. The molecule has 1 atom stereocenters. The van der Waals surface area contributed by atoms with E-state index in [2.05, 4.69) is 29.2 Å². The molecule has 0 aliphatic heterocycles. The number of hydrogen-bond acceptors (Lipinski definition) is 1. The van der Waals surface area contributed by atoms with Crippen molar-refractivity contribution in [3.05, 3.63) is 36.0 Å². The van der Waals surface area contributed by atoms with Crippen LogP contribution in [0, 0.1) is 5.92 Å². The summed E-state index contributed by atoms with van der Waals surface area (Å²) in [6, 6.07) is 8.87. The number of nitrogens with two attached hydrogens (primary N) is 1. The van der Waals surface area contributed by atoms with Gasteiger partial charge in [-0.25, -0.2) is 0 Å². The molecule has 1 saturated carbocycles. The maximum atomic E-state index is 6.35. The van der Waals surface area contributed by atoms with Crippen LogP contribution in [-0.4, -0.2) is 4.98 Å². The molecule has 0 amide bonds. The van der Waals surface area contributed by atoms with Gasteiger partial charge < -0.3 is 10.7 Å². The normalized spacial score (nSPS) is 18.2. The summed E-state index contributed by atoms with van der Waals surface area (Å²) in [5.41, 5.74) is 8.84. The Hall–Kier alpha value is -0.990. The van der Waals surface area contributed by atoms with Gasteiger partial charge in [-0.2, -0.15) is 0 Å². The number of H-pyrrole nitrogens is 1. The lowest BCUT2D eigenvalue weighted by molar-refractivity contribution is 0.445. The summed E-state index contributed by atoms with van der Waals surface area (Å²) in [4.78, 5) is 3.21. The van der Waals surface area contributed by atoms with Crippen LogP contribution in [0.4, 0.5) is 0 Å². The quantitative estimate of drug-likeness (QED) is 0.837. The predicted molar refractivity (Wildman–Crippen MR) is 74.4 cm³/mol. The zero-order valence-electron chi connectivity index (χ0n) is 9.86. The minimum absolute atomic E-state index is 0. The Kier molecular flexibility index (Phi) is 3.75. The van der Waals surface area contributed by atoms with Crippen LogP contribution in [0.2, 0.25) is 0 Å². The highest BCUT2D eigenvalue weighted by Crippen LogP contribution is 2.34. The minimum Gasteiger partial charge on any atom is -0.361 e. The first-order chi connectivity index (χ1) is 7.84. The van der Waals surface area contributed by atoms with E-state index in [4.69, 9.17) is 5.73 Å². The van der Waals surface area contributed by atoms with Crippen molar-refractivity contribution in [1.82, 2.24) is 4.98 Å². The van der Waals surface area contributed by atoms with Crippen LogP contribution in [0.1, 0.15) is 37.3 Å². The molecule has 3 N–H and O–H groups in total. The highest BCUT2D eigenvalue weighted by atomic mass is 35.5. The van der Waals surface area contributed by atoms with Gasteiger partial charge in [-0.05, 0) is 47.9 Å². The van der Waals surface area contributed by atoms with E-state index in [1.165, 1.54) is 42.1 Å². The fourth-order valence-corrected chi connectivity index (χ4v) is 2.87. The van der Waals surface area contributed by atoms with E-state index in [0.717, 1.165) is 0 Å². The zero-order chi connectivity index (χ0) is 11.0. The molecule has 0 saturated heterocycles. The molecule has 1 heterocycles. The van der Waals surface area contributed by atoms with Crippen LogP contribution in [0.15, 0.2) is 30.5 Å². The minimum atomic E-state index is 0. The van der Waals surface area contributed by atoms with E-state index < -0.39 is 0 Å². The molecule has 2 nitrogen and oxygen atoms in total. The first kappa shape index (κ1) is 12.5. The van der Waals surface area contributed by atoms with E-state index in [1.807, 2.05) is 6.20 Å². The highest BCUT2D eigenvalue weighted by Gasteiger charge is 2.23. The van der Waals surface area contributed by atoms with Crippen molar-refractivity contribution in [1.29, 1.82) is 0 Å². The molecular weight excluding hydrogens is 232 g/mol. The van der Waals surface area contributed by atoms with Gasteiger partial charge in [0.05, 0.1) is 0 Å². The van der Waals surface area contributed by atoms with Crippen LogP contribution in [0.3, 0.4) is 0 Å². The summed E-state index contributed by atoms with van der Waals surface area (Å²) >= 11 is 0. The van der Waals surface area contributed by atoms with Crippen LogP contribution < -0.4 is 5.73 Å². The van der Waals surface area contributed by atoms with Gasteiger partial charge in [-0.3, -0.25) is 0 Å². The van der Waals surface area contributed by atoms with Gasteiger partial charge in [0.1, 0.15) is 0 Å². The molecule has 2 aromatic rings. The molecule has 0 unspecified atom stereocenters. The van der Waals surface area contributed by atoms with Crippen molar-refractivity contribution < 1.29 is 0 Å². The maximum absolute atomic E-state index is 6.35. The molecule has 1 fully saturated rings. The Morgan fingerprint density at radius 2 is 1.94 bits per heavy atom. The summed E-state index contributed by atoms with van der Waals surface area (Å²) in [7, 11) is 0. The Balaban J connectivity index is 0.00000108. The molecule has 0 bridgehead atoms. The predicted octanol–water partition coefficient (Wildman–Crippen LogP) is 3.78. The van der Waals surface area contributed by atoms with Crippen molar-refractivity contribution in [3.8, 4) is 0 Å². The van der Waals surface area contributed by atoms with Crippen molar-refractivity contribution in [2.75, 3.05) is 0 Å². The number of fused-ring (bicyclic) bond motifs is 1. The van der Waals surface area contributed by atoms with E-state index in [0.29, 0.717) is 5.92 Å². The van der Waals surface area contributed by atoms with Gasteiger partial charge in [0.25, 0.3) is 0 Å². The Morgan fingerprint density at radius 1 is 1.18 bits per heavy atom. The van der Waals surface area contributed by atoms with Crippen molar-refractivity contribution in [2.45, 2.75) is 31.7 Å². The van der Waals surface area contributed by atoms with Crippen LogP contribution in [0.5, 0.6) is 0 Å². The molecule has 1 aromatic carbocycles. The number of aromatic amines is 1. The number of rotatable bonds is 2. The molecule has 1 aromatic heterocycles. The first-order valence-corrected chi connectivity index (χ1v) is 6.17. The lowest BCUT2D eigenvalue weighted by Crippen LogP contribution is -2.18. The second kappa shape index (κ2) is 5.11. The third kappa shape index (κ3) is 2.33. The van der Waals surface area contributed by atoms with Crippen molar-refractivity contribution in [2.24, 2.45) is 11.7 Å². The Labute approximate surface area is 108 Å². The van der Waals surface area contributed by atoms with Crippen LogP contribution in [0.25, 0.3) is 10.9 Å². The lowest BCUT2D eigenvalue weighted by Gasteiger charge is -2.19. The van der Waals surface area contributed by atoms with Gasteiger partial charge in [0.15, 0.2) is 0 Å². The maximum Gasteiger partial charge on any atom is 0.0454 e. The number of nitrogens with one attached hydrogen (secondary N) is 1. The average molecular weight is 251 g/mol. The zero-order valence-corrected chi connectivity index (χ0v) is 10.7. The molecule has 1 aliphatic rings. The van der Waals surface area contributed by atoms with Gasteiger partial charge in [-0.1, -0.05) is 18.9 Å². The second-order valence-electron chi connectivity index (χ2n) is 4.89. The third-order valence-electron chi connectivity index (χ3n) is 3.87. The molecule has 17 heavy (non-hydrogen) atoms. The van der Waals surface area contributed by atoms with Crippen LogP contribution >= 0.6 is 12.4 Å². The second-order valence-corrected chi connectivity index (χ2v) is 4.89.